The van der Waals surface area contributed by atoms with Gasteiger partial charge in [0.25, 0.3) is 0 Å². The number of nitrogens with zero attached hydrogens (tertiary/aromatic N) is 6. The van der Waals surface area contributed by atoms with E-state index in [9.17, 15) is 9.59 Å². The van der Waals surface area contributed by atoms with Crippen molar-refractivity contribution in [3.05, 3.63) is 77.1 Å². The van der Waals surface area contributed by atoms with Gasteiger partial charge in [0, 0.05) is 28.9 Å². The molecule has 0 fully saturated rings. The maximum absolute atomic E-state index is 13.4. The van der Waals surface area contributed by atoms with Crippen LogP contribution in [0.5, 0.6) is 5.75 Å². The number of rotatable bonds is 9. The number of amides is 2. The first-order chi connectivity index (χ1) is 22.4. The van der Waals surface area contributed by atoms with Crippen LogP contribution < -0.4 is 15.4 Å². The average molecular weight is 655 g/mol. The van der Waals surface area contributed by atoms with Crippen LogP contribution in [-0.4, -0.2) is 60.9 Å². The lowest BCUT2D eigenvalue weighted by Gasteiger charge is -2.32. The van der Waals surface area contributed by atoms with E-state index in [-0.39, 0.29) is 40.1 Å². The highest BCUT2D eigenvalue weighted by molar-refractivity contribution is 5.94. The number of hydrogen-bond donors (Lipinski definition) is 2. The molecule has 0 saturated heterocycles. The topological polar surface area (TPSA) is 127 Å². The third-order valence-corrected chi connectivity index (χ3v) is 9.23. The summed E-state index contributed by atoms with van der Waals surface area (Å²) in [5, 5.41) is 14.7. The van der Waals surface area contributed by atoms with Crippen molar-refractivity contribution in [1.29, 1.82) is 0 Å². The normalized spacial score (nSPS) is 16.9. The Morgan fingerprint density at radius 2 is 1.62 bits per heavy atom. The first-order valence-corrected chi connectivity index (χ1v) is 16.7. The predicted octanol–water partition coefficient (Wildman–Crippen LogP) is 7.19. The van der Waals surface area contributed by atoms with Crippen LogP contribution in [0.2, 0.25) is 0 Å². The summed E-state index contributed by atoms with van der Waals surface area (Å²) >= 11 is 0. The first kappa shape index (κ1) is 34.9. The highest BCUT2D eigenvalue weighted by Crippen LogP contribution is 2.39. The fourth-order valence-corrected chi connectivity index (χ4v) is 5.73. The second-order valence-electron chi connectivity index (χ2n) is 15.7. The van der Waals surface area contributed by atoms with Gasteiger partial charge in [0.05, 0.1) is 17.9 Å². The van der Waals surface area contributed by atoms with Gasteiger partial charge in [0.1, 0.15) is 23.5 Å². The van der Waals surface area contributed by atoms with Crippen LogP contribution in [0.4, 0.5) is 10.6 Å². The summed E-state index contributed by atoms with van der Waals surface area (Å²) < 4.78 is 8.54. The number of ketones is 1. The molecule has 4 aromatic rings. The van der Waals surface area contributed by atoms with Gasteiger partial charge in [-0.2, -0.15) is 0 Å². The van der Waals surface area contributed by atoms with Crippen molar-refractivity contribution in [2.24, 2.45) is 0 Å². The summed E-state index contributed by atoms with van der Waals surface area (Å²) in [6.45, 7) is 16.6. The van der Waals surface area contributed by atoms with Crippen molar-refractivity contribution in [2.75, 3.05) is 19.4 Å². The summed E-state index contributed by atoms with van der Waals surface area (Å²) in [5.41, 5.74) is 2.81. The van der Waals surface area contributed by atoms with E-state index in [1.165, 1.54) is 0 Å². The van der Waals surface area contributed by atoms with E-state index < -0.39 is 6.03 Å². The zero-order valence-corrected chi connectivity index (χ0v) is 30.0. The van der Waals surface area contributed by atoms with Crippen molar-refractivity contribution in [2.45, 2.75) is 110 Å². The van der Waals surface area contributed by atoms with Gasteiger partial charge < -0.3 is 15.0 Å². The van der Waals surface area contributed by atoms with Crippen LogP contribution >= 0.6 is 0 Å². The second kappa shape index (κ2) is 13.3. The molecule has 0 aliphatic heterocycles. The van der Waals surface area contributed by atoms with Crippen molar-refractivity contribution < 1.29 is 14.3 Å². The third-order valence-electron chi connectivity index (χ3n) is 9.23. The lowest BCUT2D eigenvalue weighted by atomic mass is 9.85. The lowest BCUT2D eigenvalue weighted by molar-refractivity contribution is 0.0934. The molecule has 2 N–H and O–H groups in total. The number of anilines is 1. The number of ether oxygens (including phenoxy) is 1. The molecular weight excluding hydrogens is 604 g/mol. The molecule has 11 nitrogen and oxygen atoms in total. The summed E-state index contributed by atoms with van der Waals surface area (Å²) in [7, 11) is 4.00. The van der Waals surface area contributed by atoms with Gasteiger partial charge in [-0.15, -0.1) is 10.2 Å². The number of fused-ring (bicyclic) bond motifs is 2. The molecule has 1 aromatic carbocycles. The highest BCUT2D eigenvalue weighted by Gasteiger charge is 2.31. The Hall–Kier alpha value is -4.38. The van der Waals surface area contributed by atoms with E-state index in [0.717, 1.165) is 28.3 Å². The monoisotopic (exact) mass is 654 g/mol. The van der Waals surface area contributed by atoms with Gasteiger partial charge in [-0.1, -0.05) is 65.8 Å². The molecule has 3 heterocycles. The molecule has 0 saturated carbocycles. The van der Waals surface area contributed by atoms with Crippen LogP contribution in [0.3, 0.4) is 0 Å². The van der Waals surface area contributed by atoms with Gasteiger partial charge in [-0.25, -0.2) is 14.8 Å². The number of Topliss-reactive ketones (excluding diaryl/α,β-unsaturated/α-hetero) is 1. The number of pyridine rings is 1. The van der Waals surface area contributed by atoms with E-state index in [0.29, 0.717) is 37.2 Å². The van der Waals surface area contributed by atoms with Crippen LogP contribution in [0.1, 0.15) is 126 Å². The molecule has 0 radical (unpaired) electrons. The predicted molar refractivity (Wildman–Crippen MR) is 188 cm³/mol. The fraction of sp³-hybridized carbons (Fsp3) is 0.514. The number of aromatic nitrogens is 5. The number of benzene rings is 1. The number of carbonyl (C=O) groups excluding carboxylic acids is 2. The molecule has 2 amide bonds. The zero-order chi connectivity index (χ0) is 35.0. The summed E-state index contributed by atoms with van der Waals surface area (Å²) in [6, 6.07) is 13.0. The molecule has 11 heteroatoms. The Morgan fingerprint density at radius 1 is 0.917 bits per heavy atom. The number of hydrogen-bond acceptors (Lipinski definition) is 8. The second-order valence-corrected chi connectivity index (χ2v) is 15.7. The van der Waals surface area contributed by atoms with Crippen molar-refractivity contribution in [3.8, 4) is 5.75 Å². The van der Waals surface area contributed by atoms with E-state index in [1.54, 1.807) is 6.07 Å². The molecule has 256 valence electrons. The Kier molecular flexibility index (Phi) is 9.65. The third kappa shape index (κ3) is 7.84. The van der Waals surface area contributed by atoms with Gasteiger partial charge in [0.15, 0.2) is 17.3 Å². The van der Waals surface area contributed by atoms with E-state index in [1.807, 2.05) is 75.8 Å². The number of urea groups is 1. The standard InChI is InChI=1S/C37H50N8O3/c1-35(2,3)29-21-30(40-32(39-29)27(46)19-20-37(7,8)44(9)10)41-34(47)38-26-16-17-28(25-14-12-11-13-24(25)26)48-23-15-18-31-42-43-33(36(4,5)6)45(31)22-23/h11-15,18,21-22,26,28H,16-17,19-20H2,1-10H3,(H2,38,39,40,41,47)/t26-,28+/m0/s1. The molecule has 1 aliphatic carbocycles. The highest BCUT2D eigenvalue weighted by atomic mass is 16.5. The van der Waals surface area contributed by atoms with E-state index in [4.69, 9.17) is 4.74 Å². The van der Waals surface area contributed by atoms with Crippen molar-refractivity contribution in [3.63, 3.8) is 0 Å². The van der Waals surface area contributed by atoms with Crippen LogP contribution in [0, 0.1) is 0 Å². The van der Waals surface area contributed by atoms with Crippen LogP contribution in [-0.2, 0) is 10.8 Å². The number of nitrogens with one attached hydrogen (secondary N) is 2. The fourth-order valence-electron chi connectivity index (χ4n) is 5.73. The maximum Gasteiger partial charge on any atom is 0.320 e. The minimum Gasteiger partial charge on any atom is -0.484 e. The van der Waals surface area contributed by atoms with E-state index >= 15 is 0 Å². The maximum atomic E-state index is 13.4. The Morgan fingerprint density at radius 3 is 2.29 bits per heavy atom. The Bertz CT molecular complexity index is 1800. The van der Waals surface area contributed by atoms with Gasteiger partial charge in [0.2, 0.25) is 0 Å². The van der Waals surface area contributed by atoms with Crippen molar-refractivity contribution in [1.82, 2.24) is 34.8 Å². The minimum absolute atomic E-state index is 0.120. The summed E-state index contributed by atoms with van der Waals surface area (Å²) in [6.07, 6.45) is 4.11. The van der Waals surface area contributed by atoms with Gasteiger partial charge >= 0.3 is 6.03 Å². The van der Waals surface area contributed by atoms with Crippen LogP contribution in [0.25, 0.3) is 5.65 Å². The molecule has 2 atom stereocenters. The SMILES string of the molecule is CN(C)C(C)(C)CCC(=O)c1nc(NC(=O)N[C@H]2CC[C@@H](Oc3ccc4nnc(C(C)(C)C)n4c3)c3ccccc32)cc(C(C)(C)C)n1. The van der Waals surface area contributed by atoms with E-state index in [2.05, 4.69) is 76.4 Å². The molecule has 48 heavy (non-hydrogen) atoms. The Labute approximate surface area is 283 Å². The summed E-state index contributed by atoms with van der Waals surface area (Å²) in [4.78, 5) is 37.9. The molecular formula is C37H50N8O3. The Balaban J connectivity index is 1.31. The quantitative estimate of drug-likeness (QED) is 0.182. The molecule has 3 aromatic heterocycles. The number of carbonyl (C=O) groups is 2. The largest absolute Gasteiger partial charge is 0.484 e. The molecule has 1 aliphatic rings. The molecule has 5 rings (SSSR count). The lowest BCUT2D eigenvalue weighted by Crippen LogP contribution is -2.38. The smallest absolute Gasteiger partial charge is 0.320 e. The summed E-state index contributed by atoms with van der Waals surface area (Å²) in [5.74, 6) is 1.86. The zero-order valence-electron chi connectivity index (χ0n) is 30.0. The van der Waals surface area contributed by atoms with Gasteiger partial charge in [-0.05, 0) is 70.5 Å². The molecule has 0 bridgehead atoms. The minimum atomic E-state index is -0.396. The van der Waals surface area contributed by atoms with Crippen LogP contribution in [0.15, 0.2) is 48.7 Å². The molecule has 0 spiro atoms. The first-order valence-electron chi connectivity index (χ1n) is 16.7. The van der Waals surface area contributed by atoms with Crippen molar-refractivity contribution >= 4 is 23.3 Å². The molecule has 0 unspecified atom stereocenters. The average Bonchev–Trinajstić information content (AvgIpc) is 3.44. The van der Waals surface area contributed by atoms with Gasteiger partial charge in [-0.3, -0.25) is 14.5 Å².